The van der Waals surface area contributed by atoms with Crippen LogP contribution >= 0.6 is 0 Å². The molecule has 0 saturated heterocycles. The molecule has 0 aromatic carbocycles. The molecule has 124 valence electrons. The Bertz CT molecular complexity index is 237. The van der Waals surface area contributed by atoms with Gasteiger partial charge in [-0.2, -0.15) is 0 Å². The van der Waals surface area contributed by atoms with Crippen LogP contribution in [0, 0.1) is 0 Å². The molecule has 0 rings (SSSR count). The molecular formula is C15H39N4Ta. The van der Waals surface area contributed by atoms with Crippen LogP contribution in [-0.4, -0.2) is 49.2 Å². The van der Waals surface area contributed by atoms with Gasteiger partial charge in [-0.15, -0.1) is 0 Å². The first kappa shape index (κ1) is 20.6. The Morgan fingerprint density at radius 3 is 0.950 bits per heavy atom. The molecule has 0 atom stereocenters. The fourth-order valence-electron chi connectivity index (χ4n) is 3.93. The van der Waals surface area contributed by atoms with Gasteiger partial charge in [-0.25, -0.2) is 0 Å². The summed E-state index contributed by atoms with van der Waals surface area (Å²) >= 11 is -3.93. The molecule has 0 bridgehead atoms. The number of nitrogens with two attached hydrogens (primary N) is 1. The second-order valence-electron chi connectivity index (χ2n) is 5.62. The van der Waals surface area contributed by atoms with E-state index in [1.54, 1.807) is 0 Å². The Kier molecular flexibility index (Phi) is 8.52. The third-order valence-electron chi connectivity index (χ3n) is 4.92. The van der Waals surface area contributed by atoms with Crippen LogP contribution in [0.15, 0.2) is 0 Å². The normalized spacial score (nSPS) is 15.3. The summed E-state index contributed by atoms with van der Waals surface area (Å²) in [5.41, 5.74) is 0. The van der Waals surface area contributed by atoms with Gasteiger partial charge in [0.1, 0.15) is 0 Å². The summed E-state index contributed by atoms with van der Waals surface area (Å²) in [4.78, 5) is 0. The van der Waals surface area contributed by atoms with Crippen molar-refractivity contribution in [3.05, 3.63) is 0 Å². The van der Waals surface area contributed by atoms with E-state index in [0.29, 0.717) is 4.14 Å². The van der Waals surface area contributed by atoms with E-state index in [2.05, 4.69) is 65.3 Å². The number of nitrogens with zero attached hydrogens (tertiary/aromatic N) is 3. The molecule has 5 heteroatoms. The number of rotatable bonds is 10. The summed E-state index contributed by atoms with van der Waals surface area (Å²) in [5, 5.41) is 0. The quantitative estimate of drug-likeness (QED) is 0.548. The van der Waals surface area contributed by atoms with E-state index in [-0.39, 0.29) is 0 Å². The van der Waals surface area contributed by atoms with Gasteiger partial charge in [0.05, 0.1) is 0 Å². The Hall–Kier alpha value is 0.580. The molecule has 20 heavy (non-hydrogen) atoms. The third kappa shape index (κ3) is 2.89. The van der Waals surface area contributed by atoms with Crippen LogP contribution in [0.5, 0.6) is 0 Å². The van der Waals surface area contributed by atoms with Gasteiger partial charge in [-0.05, 0) is 0 Å². The first-order chi connectivity index (χ1) is 9.33. The maximum atomic E-state index is 7.55. The number of hydrogen-bond donors (Lipinski definition) is 1. The Balaban J connectivity index is 6.32. The summed E-state index contributed by atoms with van der Waals surface area (Å²) in [6, 6.07) is 0. The van der Waals surface area contributed by atoms with E-state index < -0.39 is 16.9 Å². The van der Waals surface area contributed by atoms with Crippen molar-refractivity contribution < 1.29 is 16.9 Å². The molecule has 0 amide bonds. The molecular weight excluding hydrogens is 417 g/mol. The summed E-state index contributed by atoms with van der Waals surface area (Å²) in [6.07, 6.45) is 0. The van der Waals surface area contributed by atoms with Crippen molar-refractivity contribution in [1.82, 2.24) is 9.91 Å². The van der Waals surface area contributed by atoms with Gasteiger partial charge in [0.15, 0.2) is 0 Å². The van der Waals surface area contributed by atoms with E-state index in [0.717, 1.165) is 39.3 Å². The zero-order chi connectivity index (χ0) is 16.0. The molecule has 2 N–H and O–H groups in total. The summed E-state index contributed by atoms with van der Waals surface area (Å²) in [6.45, 7) is 24.6. The molecule has 0 aliphatic carbocycles. The van der Waals surface area contributed by atoms with Gasteiger partial charge in [-0.1, -0.05) is 0 Å². The van der Waals surface area contributed by atoms with E-state index in [4.69, 9.17) is 4.14 Å². The minimum absolute atomic E-state index is 0.515. The van der Waals surface area contributed by atoms with Crippen molar-refractivity contribution in [2.24, 2.45) is 4.14 Å². The standard InChI is InChI=1S/3C4H10N.C3H7.H2N.Ta/c3*1-3-5-4-2;1-3-2;;/h3*3-4H2,1-2H3;3H,1-2H3;1H2;/q3*-1;;-1;+4. The molecule has 0 radical (unpaired) electrons. The van der Waals surface area contributed by atoms with E-state index in [9.17, 15) is 0 Å². The second kappa shape index (κ2) is 8.28. The van der Waals surface area contributed by atoms with Gasteiger partial charge in [0.2, 0.25) is 0 Å². The monoisotopic (exact) mass is 456 g/mol. The molecule has 0 spiro atoms. The molecule has 0 saturated carbocycles. The molecule has 0 unspecified atom stereocenters. The average Bonchev–Trinajstić information content (AvgIpc) is 2.42. The fraction of sp³-hybridized carbons (Fsp3) is 1.00. The Labute approximate surface area is 129 Å². The molecule has 0 aliphatic rings. The van der Waals surface area contributed by atoms with Crippen LogP contribution in [0.4, 0.5) is 0 Å². The molecule has 4 nitrogen and oxygen atoms in total. The van der Waals surface area contributed by atoms with Crippen LogP contribution in [0.25, 0.3) is 0 Å². The average molecular weight is 456 g/mol. The second-order valence-corrected chi connectivity index (χ2v) is 23.4. The maximum absolute atomic E-state index is 7.55. The fourth-order valence-corrected chi connectivity index (χ4v) is 27.3. The summed E-state index contributed by atoms with van der Waals surface area (Å²) in [7, 11) is 0. The predicted molar refractivity (Wildman–Crippen MR) is 88.0 cm³/mol. The molecule has 0 heterocycles. The topological polar surface area (TPSA) is 35.7 Å². The van der Waals surface area contributed by atoms with E-state index in [1.165, 1.54) is 0 Å². The summed E-state index contributed by atoms with van der Waals surface area (Å²) < 4.78 is 16.0. The van der Waals surface area contributed by atoms with E-state index in [1.807, 2.05) is 0 Å². The third-order valence-corrected chi connectivity index (χ3v) is 30.6. The van der Waals surface area contributed by atoms with Crippen LogP contribution in [0.2, 0.25) is 4.14 Å². The van der Waals surface area contributed by atoms with Gasteiger partial charge >= 0.3 is 130 Å². The minimum atomic E-state index is -3.93. The van der Waals surface area contributed by atoms with Crippen molar-refractivity contribution in [1.29, 1.82) is 0 Å². The first-order valence-electron chi connectivity index (χ1n) is 8.41. The van der Waals surface area contributed by atoms with Crippen molar-refractivity contribution in [2.45, 2.75) is 59.5 Å². The first-order valence-corrected chi connectivity index (χ1v) is 16.4. The zero-order valence-corrected chi connectivity index (χ0v) is 18.4. The SMILES string of the molecule is CC[N](CC)[Ta]([NH2])([CH](C)C)([N](CC)CC)[N](CC)CC. The Morgan fingerprint density at radius 1 is 0.650 bits per heavy atom. The van der Waals surface area contributed by atoms with Gasteiger partial charge in [0, 0.05) is 0 Å². The van der Waals surface area contributed by atoms with Gasteiger partial charge in [-0.3, -0.25) is 0 Å². The van der Waals surface area contributed by atoms with Crippen LogP contribution in [0.3, 0.4) is 0 Å². The van der Waals surface area contributed by atoms with Crippen LogP contribution in [-0.2, 0) is 16.9 Å². The molecule has 0 aromatic rings. The van der Waals surface area contributed by atoms with Gasteiger partial charge < -0.3 is 0 Å². The Morgan fingerprint density at radius 2 is 0.850 bits per heavy atom. The predicted octanol–water partition coefficient (Wildman–Crippen LogP) is 3.15. The number of hydrogen-bond acceptors (Lipinski definition) is 4. The zero-order valence-electron chi connectivity index (χ0n) is 15.2. The van der Waals surface area contributed by atoms with Crippen molar-refractivity contribution >= 4 is 0 Å². The molecule has 0 aliphatic heterocycles. The van der Waals surface area contributed by atoms with Crippen LogP contribution < -0.4 is 4.14 Å². The molecule has 0 aromatic heterocycles. The van der Waals surface area contributed by atoms with Crippen molar-refractivity contribution in [3.8, 4) is 0 Å². The van der Waals surface area contributed by atoms with Crippen molar-refractivity contribution in [2.75, 3.05) is 39.3 Å². The van der Waals surface area contributed by atoms with Crippen LogP contribution in [0.1, 0.15) is 55.4 Å². The van der Waals surface area contributed by atoms with Crippen molar-refractivity contribution in [3.63, 3.8) is 0 Å². The summed E-state index contributed by atoms with van der Waals surface area (Å²) in [5.74, 6) is 0. The van der Waals surface area contributed by atoms with Gasteiger partial charge in [0.25, 0.3) is 0 Å². The molecule has 0 fully saturated rings. The van der Waals surface area contributed by atoms with E-state index >= 15 is 0 Å².